The maximum atomic E-state index is 13.2. The molecule has 1 aromatic heterocycles. The van der Waals surface area contributed by atoms with E-state index in [1.807, 2.05) is 44.2 Å². The van der Waals surface area contributed by atoms with Crippen LogP contribution in [0.15, 0.2) is 41.4 Å². The molecule has 1 atom stereocenters. The molecule has 0 spiro atoms. The van der Waals surface area contributed by atoms with Crippen LogP contribution in [0.2, 0.25) is 0 Å². The van der Waals surface area contributed by atoms with Crippen LogP contribution < -0.4 is 0 Å². The summed E-state index contributed by atoms with van der Waals surface area (Å²) >= 11 is 0. The highest BCUT2D eigenvalue weighted by atomic mass is 32.2. The smallest absolute Gasteiger partial charge is 0.247 e. The number of nitrogens with zero attached hydrogens (tertiary/aromatic N) is 3. The minimum Gasteiger partial charge on any atom is -0.269 e. The lowest BCUT2D eigenvalue weighted by Crippen LogP contribution is -2.38. The van der Waals surface area contributed by atoms with Crippen molar-refractivity contribution in [1.82, 2.24) is 14.1 Å². The molecule has 2 aromatic rings. The van der Waals surface area contributed by atoms with Crippen LogP contribution in [0.1, 0.15) is 43.5 Å². The van der Waals surface area contributed by atoms with E-state index in [4.69, 9.17) is 0 Å². The monoisotopic (exact) mass is 333 g/mol. The van der Waals surface area contributed by atoms with Gasteiger partial charge in [0.1, 0.15) is 4.90 Å². The topological polar surface area (TPSA) is 55.2 Å². The standard InChI is InChI=1S/C17H23N3O2S/c1-3-19-14(2)17(13-18-19)23(21,22)20-12-8-7-11-16(20)15-9-5-4-6-10-15/h4-6,9-10,13,16H,3,7-8,11-12H2,1-2H3/t16-/m1/s1. The minimum absolute atomic E-state index is 0.0840. The predicted molar refractivity (Wildman–Crippen MR) is 89.6 cm³/mol. The third-order valence-corrected chi connectivity index (χ3v) is 6.59. The Morgan fingerprint density at radius 3 is 2.61 bits per heavy atom. The summed E-state index contributed by atoms with van der Waals surface area (Å²) in [4.78, 5) is 0.335. The maximum Gasteiger partial charge on any atom is 0.247 e. The second-order valence-electron chi connectivity index (χ2n) is 5.95. The molecule has 0 unspecified atom stereocenters. The first kappa shape index (κ1) is 16.2. The number of sulfonamides is 1. The Balaban J connectivity index is 2.01. The number of hydrogen-bond donors (Lipinski definition) is 0. The van der Waals surface area contributed by atoms with E-state index in [1.165, 1.54) is 6.20 Å². The lowest BCUT2D eigenvalue weighted by atomic mass is 9.98. The largest absolute Gasteiger partial charge is 0.269 e. The Morgan fingerprint density at radius 2 is 1.96 bits per heavy atom. The van der Waals surface area contributed by atoms with Gasteiger partial charge in [-0.1, -0.05) is 36.8 Å². The minimum atomic E-state index is -3.53. The molecule has 6 heteroatoms. The van der Waals surface area contributed by atoms with Crippen molar-refractivity contribution in [2.24, 2.45) is 0 Å². The second kappa shape index (κ2) is 6.45. The summed E-state index contributed by atoms with van der Waals surface area (Å²) in [5.74, 6) is 0. The summed E-state index contributed by atoms with van der Waals surface area (Å²) < 4.78 is 29.8. The highest BCUT2D eigenvalue weighted by Crippen LogP contribution is 2.35. The molecule has 2 heterocycles. The van der Waals surface area contributed by atoms with Gasteiger partial charge < -0.3 is 0 Å². The molecule has 0 bridgehead atoms. The zero-order chi connectivity index (χ0) is 16.4. The number of aromatic nitrogens is 2. The summed E-state index contributed by atoms with van der Waals surface area (Å²) in [5.41, 5.74) is 1.78. The molecule has 0 amide bonds. The van der Waals surface area contributed by atoms with Gasteiger partial charge in [-0.15, -0.1) is 0 Å². The van der Waals surface area contributed by atoms with Crippen molar-refractivity contribution >= 4 is 10.0 Å². The molecule has 3 rings (SSSR count). The van der Waals surface area contributed by atoms with Gasteiger partial charge in [0.2, 0.25) is 10.0 Å². The summed E-state index contributed by atoms with van der Waals surface area (Å²) in [6.07, 6.45) is 4.32. The van der Waals surface area contributed by atoms with Gasteiger partial charge in [-0.25, -0.2) is 8.42 Å². The van der Waals surface area contributed by atoms with Gasteiger partial charge in [-0.2, -0.15) is 9.40 Å². The maximum absolute atomic E-state index is 13.2. The SMILES string of the molecule is CCn1ncc(S(=O)(=O)N2CCCC[C@@H]2c2ccccc2)c1C. The summed E-state index contributed by atoms with van der Waals surface area (Å²) in [7, 11) is -3.53. The van der Waals surface area contributed by atoms with Crippen molar-refractivity contribution in [3.05, 3.63) is 47.8 Å². The molecule has 0 aliphatic carbocycles. The van der Waals surface area contributed by atoms with Gasteiger partial charge >= 0.3 is 0 Å². The first-order chi connectivity index (χ1) is 11.1. The van der Waals surface area contributed by atoms with Gasteiger partial charge in [-0.05, 0) is 32.3 Å². The number of hydrogen-bond acceptors (Lipinski definition) is 3. The Labute approximate surface area is 138 Å². The Morgan fingerprint density at radius 1 is 1.22 bits per heavy atom. The van der Waals surface area contributed by atoms with E-state index in [0.717, 1.165) is 24.8 Å². The summed E-state index contributed by atoms with van der Waals surface area (Å²) in [5, 5.41) is 4.20. The zero-order valence-corrected chi connectivity index (χ0v) is 14.5. The summed E-state index contributed by atoms with van der Waals surface area (Å²) in [6, 6.07) is 9.84. The van der Waals surface area contributed by atoms with Gasteiger partial charge in [-0.3, -0.25) is 4.68 Å². The van der Waals surface area contributed by atoms with Gasteiger partial charge in [0, 0.05) is 13.1 Å². The second-order valence-corrected chi connectivity index (χ2v) is 7.81. The fraction of sp³-hybridized carbons (Fsp3) is 0.471. The van der Waals surface area contributed by atoms with E-state index in [-0.39, 0.29) is 6.04 Å². The number of rotatable bonds is 4. The molecule has 1 aromatic carbocycles. The van der Waals surface area contributed by atoms with E-state index in [0.29, 0.717) is 23.7 Å². The van der Waals surface area contributed by atoms with Gasteiger partial charge in [0.25, 0.3) is 0 Å². The van der Waals surface area contributed by atoms with Crippen LogP contribution in [-0.2, 0) is 16.6 Å². The van der Waals surface area contributed by atoms with Gasteiger partial charge in [0.05, 0.1) is 17.9 Å². The highest BCUT2D eigenvalue weighted by Gasteiger charge is 2.36. The normalized spacial score (nSPS) is 19.8. The molecule has 1 aliphatic heterocycles. The van der Waals surface area contributed by atoms with Crippen LogP contribution in [0.3, 0.4) is 0 Å². The van der Waals surface area contributed by atoms with Crippen molar-refractivity contribution in [3.8, 4) is 0 Å². The Kier molecular flexibility index (Phi) is 4.55. The molecule has 1 aliphatic rings. The van der Waals surface area contributed by atoms with Crippen molar-refractivity contribution in [3.63, 3.8) is 0 Å². The van der Waals surface area contributed by atoms with Crippen molar-refractivity contribution in [2.75, 3.05) is 6.54 Å². The third-order valence-electron chi connectivity index (χ3n) is 4.58. The van der Waals surface area contributed by atoms with Crippen LogP contribution >= 0.6 is 0 Å². The molecule has 1 fully saturated rings. The van der Waals surface area contributed by atoms with E-state index in [1.54, 1.807) is 8.99 Å². The van der Waals surface area contributed by atoms with Crippen LogP contribution in [0, 0.1) is 6.92 Å². The first-order valence-corrected chi connectivity index (χ1v) is 9.59. The zero-order valence-electron chi connectivity index (χ0n) is 13.6. The van der Waals surface area contributed by atoms with E-state index in [2.05, 4.69) is 5.10 Å². The molecular formula is C17H23N3O2S. The van der Waals surface area contributed by atoms with E-state index >= 15 is 0 Å². The van der Waals surface area contributed by atoms with Crippen LogP contribution in [0.4, 0.5) is 0 Å². The molecule has 23 heavy (non-hydrogen) atoms. The number of benzene rings is 1. The average molecular weight is 333 g/mol. The molecule has 124 valence electrons. The van der Waals surface area contributed by atoms with Crippen molar-refractivity contribution < 1.29 is 8.42 Å². The molecule has 0 saturated carbocycles. The lowest BCUT2D eigenvalue weighted by molar-refractivity contribution is 0.256. The fourth-order valence-corrected chi connectivity index (χ4v) is 5.17. The average Bonchev–Trinajstić information content (AvgIpc) is 2.97. The summed E-state index contributed by atoms with van der Waals surface area (Å²) in [6.45, 7) is 5.02. The molecule has 0 radical (unpaired) electrons. The first-order valence-electron chi connectivity index (χ1n) is 8.15. The quantitative estimate of drug-likeness (QED) is 0.864. The Bertz CT molecular complexity index is 768. The molecule has 5 nitrogen and oxygen atoms in total. The third kappa shape index (κ3) is 2.93. The number of piperidine rings is 1. The van der Waals surface area contributed by atoms with Gasteiger partial charge in [0.15, 0.2) is 0 Å². The lowest BCUT2D eigenvalue weighted by Gasteiger charge is -2.34. The van der Waals surface area contributed by atoms with E-state index in [9.17, 15) is 8.42 Å². The fourth-order valence-electron chi connectivity index (χ4n) is 3.33. The Hall–Kier alpha value is -1.66. The van der Waals surface area contributed by atoms with Crippen LogP contribution in [0.25, 0.3) is 0 Å². The number of aryl methyl sites for hydroxylation is 1. The predicted octanol–water partition coefficient (Wildman–Crippen LogP) is 3.13. The highest BCUT2D eigenvalue weighted by molar-refractivity contribution is 7.89. The van der Waals surface area contributed by atoms with Crippen LogP contribution in [0.5, 0.6) is 0 Å². The molecule has 1 saturated heterocycles. The van der Waals surface area contributed by atoms with Crippen molar-refractivity contribution in [1.29, 1.82) is 0 Å². The molecule has 0 N–H and O–H groups in total. The molecular weight excluding hydrogens is 310 g/mol. The van der Waals surface area contributed by atoms with E-state index < -0.39 is 10.0 Å². The van der Waals surface area contributed by atoms with Crippen LogP contribution in [-0.4, -0.2) is 29.0 Å². The van der Waals surface area contributed by atoms with Crippen molar-refractivity contribution in [2.45, 2.75) is 50.6 Å².